The summed E-state index contributed by atoms with van der Waals surface area (Å²) in [5, 5.41) is 10.0. The quantitative estimate of drug-likeness (QED) is 0.738. The summed E-state index contributed by atoms with van der Waals surface area (Å²) in [4.78, 5) is 4.44. The Morgan fingerprint density at radius 3 is 2.70 bits per heavy atom. The Morgan fingerprint density at radius 2 is 2.00 bits per heavy atom. The molecule has 0 fully saturated rings. The Hall–Kier alpha value is -2.04. The zero-order valence-corrected chi connectivity index (χ0v) is 13.8. The van der Waals surface area contributed by atoms with Crippen molar-refractivity contribution in [3.8, 4) is 5.75 Å². The lowest BCUT2D eigenvalue weighted by molar-refractivity contribution is 0.265. The van der Waals surface area contributed by atoms with Crippen molar-refractivity contribution in [2.24, 2.45) is 0 Å². The smallest absolute Gasteiger partial charge is 0.140 e. The van der Waals surface area contributed by atoms with Crippen LogP contribution < -0.4 is 4.74 Å². The van der Waals surface area contributed by atoms with Crippen LogP contribution in [0.25, 0.3) is 11.0 Å². The minimum Gasteiger partial charge on any atom is -0.487 e. The van der Waals surface area contributed by atoms with Gasteiger partial charge in [0.25, 0.3) is 0 Å². The van der Waals surface area contributed by atoms with Crippen LogP contribution in [0.4, 0.5) is 0 Å². The zero-order chi connectivity index (χ0) is 16.2. The molecule has 120 valence electrons. The van der Waals surface area contributed by atoms with E-state index in [1.807, 2.05) is 41.0 Å². The number of imidazole rings is 1. The molecule has 0 aliphatic rings. The highest BCUT2D eigenvalue weighted by molar-refractivity contribution is 6.32. The van der Waals surface area contributed by atoms with Crippen LogP contribution in [-0.4, -0.2) is 14.7 Å². The minimum absolute atomic E-state index is 0.0908. The van der Waals surface area contributed by atoms with Gasteiger partial charge in [-0.05, 0) is 18.1 Å². The van der Waals surface area contributed by atoms with E-state index in [4.69, 9.17) is 16.3 Å². The summed E-state index contributed by atoms with van der Waals surface area (Å²) in [5.74, 6) is 1.28. The first kappa shape index (κ1) is 15.8. The van der Waals surface area contributed by atoms with Crippen LogP contribution in [0.15, 0.2) is 42.5 Å². The first-order valence-corrected chi connectivity index (χ1v) is 8.07. The molecule has 0 unspecified atom stereocenters. The average molecular weight is 331 g/mol. The predicted molar refractivity (Wildman–Crippen MR) is 91.7 cm³/mol. The molecular weight excluding hydrogens is 312 g/mol. The molecule has 5 heteroatoms. The van der Waals surface area contributed by atoms with Crippen LogP contribution >= 0.6 is 11.6 Å². The van der Waals surface area contributed by atoms with Crippen LogP contribution in [-0.2, 0) is 19.8 Å². The summed E-state index contributed by atoms with van der Waals surface area (Å²) in [6.07, 6.45) is 0.960. The summed E-state index contributed by atoms with van der Waals surface area (Å²) in [5.41, 5.74) is 2.80. The maximum atomic E-state index is 9.49. The van der Waals surface area contributed by atoms with Gasteiger partial charge in [0.15, 0.2) is 0 Å². The molecule has 0 aliphatic carbocycles. The number of fused-ring (bicyclic) bond motifs is 1. The SMILES string of the molecule is CCCn1c(CO)nc2cc(Cl)c(OCc3ccccc3)cc21. The molecule has 0 saturated carbocycles. The lowest BCUT2D eigenvalue weighted by Crippen LogP contribution is -2.03. The summed E-state index contributed by atoms with van der Waals surface area (Å²) in [7, 11) is 0. The summed E-state index contributed by atoms with van der Waals surface area (Å²) >= 11 is 6.31. The number of rotatable bonds is 6. The Kier molecular flexibility index (Phi) is 4.84. The van der Waals surface area contributed by atoms with Crippen LogP contribution in [0.5, 0.6) is 5.75 Å². The van der Waals surface area contributed by atoms with Gasteiger partial charge in [-0.2, -0.15) is 0 Å². The molecule has 1 aromatic heterocycles. The van der Waals surface area contributed by atoms with Gasteiger partial charge in [-0.25, -0.2) is 4.98 Å². The van der Waals surface area contributed by atoms with Gasteiger partial charge in [0.1, 0.15) is 24.8 Å². The second-order valence-electron chi connectivity index (χ2n) is 5.38. The van der Waals surface area contributed by atoms with E-state index in [1.54, 1.807) is 6.07 Å². The first-order chi connectivity index (χ1) is 11.2. The molecule has 0 aliphatic heterocycles. The number of hydrogen-bond acceptors (Lipinski definition) is 3. The number of nitrogens with zero attached hydrogens (tertiary/aromatic N) is 2. The Balaban J connectivity index is 1.94. The van der Waals surface area contributed by atoms with Crippen molar-refractivity contribution in [3.63, 3.8) is 0 Å². The van der Waals surface area contributed by atoms with Crippen molar-refractivity contribution in [2.45, 2.75) is 33.1 Å². The average Bonchev–Trinajstić information content (AvgIpc) is 2.91. The van der Waals surface area contributed by atoms with Crippen LogP contribution in [0.1, 0.15) is 24.7 Å². The standard InChI is InChI=1S/C18H19ClN2O2/c1-2-8-21-16-10-17(23-12-13-6-4-3-5-7-13)14(19)9-15(16)20-18(21)11-22/h3-7,9-10,22H,2,8,11-12H2,1H3. The van der Waals surface area contributed by atoms with E-state index >= 15 is 0 Å². The van der Waals surface area contributed by atoms with Crippen molar-refractivity contribution in [2.75, 3.05) is 0 Å². The van der Waals surface area contributed by atoms with E-state index in [9.17, 15) is 5.11 Å². The maximum absolute atomic E-state index is 9.49. The Bertz CT molecular complexity index is 800. The molecule has 4 nitrogen and oxygen atoms in total. The number of benzene rings is 2. The number of aromatic nitrogens is 2. The maximum Gasteiger partial charge on any atom is 0.140 e. The highest BCUT2D eigenvalue weighted by atomic mass is 35.5. The molecule has 2 aromatic carbocycles. The van der Waals surface area contributed by atoms with E-state index in [0.717, 1.165) is 29.6 Å². The van der Waals surface area contributed by atoms with Gasteiger partial charge in [0.2, 0.25) is 0 Å². The topological polar surface area (TPSA) is 47.3 Å². The van der Waals surface area contributed by atoms with Gasteiger partial charge in [-0.15, -0.1) is 0 Å². The molecule has 23 heavy (non-hydrogen) atoms. The third-order valence-corrected chi connectivity index (χ3v) is 4.00. The summed E-state index contributed by atoms with van der Waals surface area (Å²) in [6.45, 7) is 3.26. The van der Waals surface area contributed by atoms with Crippen molar-refractivity contribution < 1.29 is 9.84 Å². The molecule has 0 bridgehead atoms. The highest BCUT2D eigenvalue weighted by Crippen LogP contribution is 2.31. The minimum atomic E-state index is -0.0908. The van der Waals surface area contributed by atoms with E-state index < -0.39 is 0 Å². The third-order valence-electron chi connectivity index (χ3n) is 3.71. The van der Waals surface area contributed by atoms with Gasteiger partial charge in [-0.1, -0.05) is 48.9 Å². The fourth-order valence-corrected chi connectivity index (χ4v) is 2.83. The predicted octanol–water partition coefficient (Wildman–Crippen LogP) is 4.17. The number of hydrogen-bond donors (Lipinski definition) is 1. The summed E-state index contributed by atoms with van der Waals surface area (Å²) in [6, 6.07) is 13.7. The third kappa shape index (κ3) is 3.33. The molecule has 0 saturated heterocycles. The number of aryl methyl sites for hydroxylation is 1. The molecule has 1 heterocycles. The van der Waals surface area contributed by atoms with Crippen LogP contribution in [0, 0.1) is 0 Å². The lowest BCUT2D eigenvalue weighted by atomic mass is 10.2. The number of aliphatic hydroxyl groups excluding tert-OH is 1. The molecule has 3 aromatic rings. The fourth-order valence-electron chi connectivity index (χ4n) is 2.62. The zero-order valence-electron chi connectivity index (χ0n) is 13.0. The van der Waals surface area contributed by atoms with E-state index in [-0.39, 0.29) is 6.61 Å². The largest absolute Gasteiger partial charge is 0.487 e. The number of ether oxygens (including phenoxy) is 1. The van der Waals surface area contributed by atoms with Gasteiger partial charge < -0.3 is 14.4 Å². The first-order valence-electron chi connectivity index (χ1n) is 7.69. The molecule has 0 radical (unpaired) electrons. The summed E-state index contributed by atoms with van der Waals surface area (Å²) < 4.78 is 7.89. The molecule has 0 spiro atoms. The number of halogens is 1. The van der Waals surface area contributed by atoms with Crippen molar-refractivity contribution in [3.05, 3.63) is 58.9 Å². The van der Waals surface area contributed by atoms with Crippen molar-refractivity contribution >= 4 is 22.6 Å². The molecule has 0 atom stereocenters. The van der Waals surface area contributed by atoms with Gasteiger partial charge in [-0.3, -0.25) is 0 Å². The molecule has 1 N–H and O–H groups in total. The second kappa shape index (κ2) is 7.02. The lowest BCUT2D eigenvalue weighted by Gasteiger charge is -2.10. The Morgan fingerprint density at radius 1 is 1.22 bits per heavy atom. The molecular formula is C18H19ClN2O2. The second-order valence-corrected chi connectivity index (χ2v) is 5.79. The Labute approximate surface area is 140 Å². The van der Waals surface area contributed by atoms with E-state index in [2.05, 4.69) is 11.9 Å². The molecule has 3 rings (SSSR count). The highest BCUT2D eigenvalue weighted by Gasteiger charge is 2.13. The van der Waals surface area contributed by atoms with Gasteiger partial charge in [0, 0.05) is 12.6 Å². The van der Waals surface area contributed by atoms with E-state index in [1.165, 1.54) is 0 Å². The van der Waals surface area contributed by atoms with Gasteiger partial charge >= 0.3 is 0 Å². The number of aliphatic hydroxyl groups is 1. The van der Waals surface area contributed by atoms with Crippen LogP contribution in [0.2, 0.25) is 5.02 Å². The van der Waals surface area contributed by atoms with Gasteiger partial charge in [0.05, 0.1) is 16.1 Å². The fraction of sp³-hybridized carbons (Fsp3) is 0.278. The van der Waals surface area contributed by atoms with Crippen molar-refractivity contribution in [1.29, 1.82) is 0 Å². The monoisotopic (exact) mass is 330 g/mol. The van der Waals surface area contributed by atoms with Crippen LogP contribution in [0.3, 0.4) is 0 Å². The molecule has 0 amide bonds. The van der Waals surface area contributed by atoms with Crippen molar-refractivity contribution in [1.82, 2.24) is 9.55 Å². The normalized spacial score (nSPS) is 11.1. The van der Waals surface area contributed by atoms with E-state index in [0.29, 0.717) is 23.2 Å².